The molecule has 1 N–H and O–H groups in total. The molecule has 18 heavy (non-hydrogen) atoms. The molecule has 0 radical (unpaired) electrons. The molecule has 0 aromatic carbocycles. The van der Waals surface area contributed by atoms with Crippen molar-refractivity contribution in [1.29, 1.82) is 0 Å². The summed E-state index contributed by atoms with van der Waals surface area (Å²) in [6, 6.07) is 0. The minimum Gasteiger partial charge on any atom is -0.381 e. The monoisotopic (exact) mass is 255 g/mol. The van der Waals surface area contributed by atoms with Crippen molar-refractivity contribution in [2.24, 2.45) is 5.41 Å². The molecule has 0 amide bonds. The van der Waals surface area contributed by atoms with Crippen molar-refractivity contribution >= 4 is 0 Å². The highest BCUT2D eigenvalue weighted by molar-refractivity contribution is 4.87. The second kappa shape index (κ2) is 7.49. The van der Waals surface area contributed by atoms with E-state index in [-0.39, 0.29) is 5.54 Å². The van der Waals surface area contributed by atoms with Gasteiger partial charge in [-0.05, 0) is 33.6 Å². The van der Waals surface area contributed by atoms with Gasteiger partial charge in [0.1, 0.15) is 0 Å². The van der Waals surface area contributed by atoms with Crippen molar-refractivity contribution in [3.05, 3.63) is 0 Å². The predicted molar refractivity (Wildman–Crippen MR) is 79.0 cm³/mol. The van der Waals surface area contributed by atoms with E-state index < -0.39 is 0 Å². The number of ether oxygens (including phenoxy) is 1. The highest BCUT2D eigenvalue weighted by Crippen LogP contribution is 2.34. The molecule has 108 valence electrons. The zero-order valence-corrected chi connectivity index (χ0v) is 13.0. The minimum atomic E-state index is 0.220. The summed E-state index contributed by atoms with van der Waals surface area (Å²) in [4.78, 5) is 0. The van der Waals surface area contributed by atoms with Crippen molar-refractivity contribution in [3.63, 3.8) is 0 Å². The van der Waals surface area contributed by atoms with Crippen LogP contribution >= 0.6 is 0 Å². The molecule has 1 aliphatic rings. The van der Waals surface area contributed by atoms with Crippen LogP contribution in [0.5, 0.6) is 0 Å². The lowest BCUT2D eigenvalue weighted by Gasteiger charge is -2.32. The molecule has 1 heterocycles. The Bertz CT molecular complexity index is 214. The smallest absolute Gasteiger partial charge is 0.0535 e. The van der Waals surface area contributed by atoms with Gasteiger partial charge in [0.05, 0.1) is 6.61 Å². The zero-order valence-electron chi connectivity index (χ0n) is 13.0. The van der Waals surface area contributed by atoms with Gasteiger partial charge in [0.15, 0.2) is 0 Å². The molecule has 0 bridgehead atoms. The van der Waals surface area contributed by atoms with Crippen molar-refractivity contribution < 1.29 is 4.74 Å². The topological polar surface area (TPSA) is 21.3 Å². The first-order valence-corrected chi connectivity index (χ1v) is 7.80. The van der Waals surface area contributed by atoms with Crippen LogP contribution in [-0.4, -0.2) is 25.3 Å². The molecule has 2 heteroatoms. The molecule has 0 spiro atoms. The highest BCUT2D eigenvalue weighted by Gasteiger charge is 2.34. The summed E-state index contributed by atoms with van der Waals surface area (Å²) < 4.78 is 5.66. The fourth-order valence-corrected chi connectivity index (χ4v) is 2.63. The highest BCUT2D eigenvalue weighted by atomic mass is 16.5. The molecule has 0 aliphatic carbocycles. The lowest BCUT2D eigenvalue weighted by molar-refractivity contribution is 0.136. The summed E-state index contributed by atoms with van der Waals surface area (Å²) in [5.41, 5.74) is 0.636. The van der Waals surface area contributed by atoms with Crippen molar-refractivity contribution in [2.75, 3.05) is 19.8 Å². The Hall–Kier alpha value is -0.0800. The second-order valence-corrected chi connectivity index (χ2v) is 7.07. The molecular formula is C16H33NO. The second-order valence-electron chi connectivity index (χ2n) is 7.07. The Balaban J connectivity index is 2.29. The fourth-order valence-electron chi connectivity index (χ4n) is 2.63. The Morgan fingerprint density at radius 2 is 1.83 bits per heavy atom. The summed E-state index contributed by atoms with van der Waals surface area (Å²) >= 11 is 0. The van der Waals surface area contributed by atoms with E-state index in [9.17, 15) is 0 Å². The van der Waals surface area contributed by atoms with E-state index in [0.29, 0.717) is 5.41 Å². The summed E-state index contributed by atoms with van der Waals surface area (Å²) in [6.45, 7) is 12.1. The third kappa shape index (κ3) is 6.19. The third-order valence-electron chi connectivity index (χ3n) is 3.99. The lowest BCUT2D eigenvalue weighted by Crippen LogP contribution is -2.44. The van der Waals surface area contributed by atoms with Gasteiger partial charge in [-0.25, -0.2) is 0 Å². The molecule has 0 aromatic heterocycles. The number of rotatable bonds is 8. The van der Waals surface area contributed by atoms with Crippen LogP contribution in [-0.2, 0) is 4.74 Å². The normalized spacial score (nSPS) is 24.7. The maximum absolute atomic E-state index is 5.66. The van der Waals surface area contributed by atoms with Gasteiger partial charge < -0.3 is 10.1 Å². The first-order chi connectivity index (χ1) is 8.47. The standard InChI is InChI=1S/C16H33NO/c1-5-6-7-8-9-10-16(11-12-18-14-16)13-17-15(2,3)4/h17H,5-14H2,1-4H3. The van der Waals surface area contributed by atoms with E-state index in [1.807, 2.05) is 0 Å². The minimum absolute atomic E-state index is 0.220. The quantitative estimate of drug-likeness (QED) is 0.658. The third-order valence-corrected chi connectivity index (χ3v) is 3.99. The summed E-state index contributed by atoms with van der Waals surface area (Å²) in [5, 5.41) is 3.68. The van der Waals surface area contributed by atoms with Gasteiger partial charge in [0.25, 0.3) is 0 Å². The first-order valence-electron chi connectivity index (χ1n) is 7.80. The van der Waals surface area contributed by atoms with E-state index in [1.165, 1.54) is 44.9 Å². The summed E-state index contributed by atoms with van der Waals surface area (Å²) in [7, 11) is 0. The molecule has 1 aliphatic heterocycles. The maximum atomic E-state index is 5.66. The zero-order chi connectivity index (χ0) is 13.5. The average molecular weight is 255 g/mol. The molecule has 0 saturated carbocycles. The molecule has 1 saturated heterocycles. The van der Waals surface area contributed by atoms with Crippen LogP contribution in [0.25, 0.3) is 0 Å². The molecular weight excluding hydrogens is 222 g/mol. The van der Waals surface area contributed by atoms with Crippen LogP contribution in [0.4, 0.5) is 0 Å². The van der Waals surface area contributed by atoms with E-state index in [4.69, 9.17) is 4.74 Å². The molecule has 1 fully saturated rings. The van der Waals surface area contributed by atoms with Crippen LogP contribution in [0.2, 0.25) is 0 Å². The van der Waals surface area contributed by atoms with Crippen LogP contribution in [0.15, 0.2) is 0 Å². The largest absolute Gasteiger partial charge is 0.381 e. The SMILES string of the molecule is CCCCCCCC1(CNC(C)(C)C)CCOC1. The van der Waals surface area contributed by atoms with E-state index >= 15 is 0 Å². The van der Waals surface area contributed by atoms with Gasteiger partial charge in [-0.3, -0.25) is 0 Å². The van der Waals surface area contributed by atoms with Crippen LogP contribution in [0.3, 0.4) is 0 Å². The van der Waals surface area contributed by atoms with E-state index in [0.717, 1.165) is 19.8 Å². The van der Waals surface area contributed by atoms with Gasteiger partial charge in [-0.2, -0.15) is 0 Å². The van der Waals surface area contributed by atoms with Gasteiger partial charge >= 0.3 is 0 Å². The van der Waals surface area contributed by atoms with E-state index in [1.54, 1.807) is 0 Å². The van der Waals surface area contributed by atoms with Gasteiger partial charge in [-0.15, -0.1) is 0 Å². The number of hydrogen-bond donors (Lipinski definition) is 1. The first kappa shape index (κ1) is 16.0. The number of unbranched alkanes of at least 4 members (excludes halogenated alkanes) is 4. The fraction of sp³-hybridized carbons (Fsp3) is 1.00. The maximum Gasteiger partial charge on any atom is 0.0535 e. The van der Waals surface area contributed by atoms with Gasteiger partial charge in [0.2, 0.25) is 0 Å². The predicted octanol–water partition coefficient (Wildman–Crippen LogP) is 4.14. The van der Waals surface area contributed by atoms with Gasteiger partial charge in [0, 0.05) is 24.1 Å². The Kier molecular flexibility index (Phi) is 6.65. The van der Waals surface area contributed by atoms with Crippen LogP contribution in [0, 0.1) is 5.41 Å². The molecule has 0 aromatic rings. The molecule has 1 unspecified atom stereocenters. The molecule has 2 nitrogen and oxygen atoms in total. The molecule has 1 atom stereocenters. The summed E-state index contributed by atoms with van der Waals surface area (Å²) in [6.07, 6.45) is 9.47. The Labute approximate surface area is 114 Å². The van der Waals surface area contributed by atoms with Crippen molar-refractivity contribution in [3.8, 4) is 0 Å². The number of hydrogen-bond acceptors (Lipinski definition) is 2. The average Bonchev–Trinajstić information content (AvgIpc) is 2.75. The lowest BCUT2D eigenvalue weighted by atomic mass is 9.81. The Morgan fingerprint density at radius 3 is 2.39 bits per heavy atom. The van der Waals surface area contributed by atoms with Crippen molar-refractivity contribution in [2.45, 2.75) is 78.2 Å². The Morgan fingerprint density at radius 1 is 1.11 bits per heavy atom. The van der Waals surface area contributed by atoms with Gasteiger partial charge in [-0.1, -0.05) is 39.0 Å². The number of nitrogens with one attached hydrogen (secondary N) is 1. The van der Waals surface area contributed by atoms with Crippen molar-refractivity contribution in [1.82, 2.24) is 5.32 Å². The van der Waals surface area contributed by atoms with Crippen LogP contribution in [0.1, 0.15) is 72.6 Å². The van der Waals surface area contributed by atoms with Crippen LogP contribution < -0.4 is 5.32 Å². The molecule has 1 rings (SSSR count). The summed E-state index contributed by atoms with van der Waals surface area (Å²) in [5.74, 6) is 0. The van der Waals surface area contributed by atoms with E-state index in [2.05, 4.69) is 33.0 Å².